The van der Waals surface area contributed by atoms with Crippen LogP contribution < -0.4 is 10.1 Å². The van der Waals surface area contributed by atoms with Gasteiger partial charge in [-0.2, -0.15) is 0 Å². The number of carbonyl (C=O) groups excluding carboxylic acids is 1. The Morgan fingerprint density at radius 3 is 2.49 bits per heavy atom. The van der Waals surface area contributed by atoms with Gasteiger partial charge in [0.15, 0.2) is 0 Å². The highest BCUT2D eigenvalue weighted by molar-refractivity contribution is 5.76. The molecule has 5 nitrogen and oxygen atoms in total. The molecule has 0 radical (unpaired) electrons. The van der Waals surface area contributed by atoms with Crippen LogP contribution in [-0.4, -0.2) is 28.6 Å². The minimum Gasteiger partial charge on any atom is -0.492 e. The molecule has 1 amide bonds. The Morgan fingerprint density at radius 1 is 0.886 bits per heavy atom. The third kappa shape index (κ3) is 7.44. The third-order valence-electron chi connectivity index (χ3n) is 6.22. The SMILES string of the molecule is Cc1ccc(OCCn2c(CCCCCNC(=O)CCc3ccccc3)nc3ccccc32)cc1. The molecule has 1 heterocycles. The Balaban J connectivity index is 1.20. The average Bonchev–Trinajstić information content (AvgIpc) is 3.24. The maximum Gasteiger partial charge on any atom is 0.220 e. The van der Waals surface area contributed by atoms with Crippen molar-refractivity contribution in [2.24, 2.45) is 0 Å². The van der Waals surface area contributed by atoms with E-state index in [1.54, 1.807) is 0 Å². The zero-order chi connectivity index (χ0) is 24.3. The molecular weight excluding hydrogens is 434 g/mol. The maximum absolute atomic E-state index is 12.1. The van der Waals surface area contributed by atoms with Gasteiger partial charge >= 0.3 is 0 Å². The lowest BCUT2D eigenvalue weighted by atomic mass is 10.1. The van der Waals surface area contributed by atoms with Gasteiger partial charge in [0.2, 0.25) is 5.91 Å². The van der Waals surface area contributed by atoms with Crippen LogP contribution in [0.15, 0.2) is 78.9 Å². The normalized spacial score (nSPS) is 11.0. The van der Waals surface area contributed by atoms with Crippen LogP contribution in [0.3, 0.4) is 0 Å². The number of amides is 1. The number of nitrogens with zero attached hydrogens (tertiary/aromatic N) is 2. The summed E-state index contributed by atoms with van der Waals surface area (Å²) in [5.74, 6) is 2.13. The van der Waals surface area contributed by atoms with E-state index in [0.717, 1.165) is 67.8 Å². The van der Waals surface area contributed by atoms with Gasteiger partial charge in [0.1, 0.15) is 18.2 Å². The first-order valence-corrected chi connectivity index (χ1v) is 12.6. The van der Waals surface area contributed by atoms with Crippen molar-refractivity contribution >= 4 is 16.9 Å². The van der Waals surface area contributed by atoms with Gasteiger partial charge in [-0.3, -0.25) is 4.79 Å². The first-order valence-electron chi connectivity index (χ1n) is 12.6. The predicted molar refractivity (Wildman–Crippen MR) is 142 cm³/mol. The summed E-state index contributed by atoms with van der Waals surface area (Å²) in [5.41, 5.74) is 4.62. The molecule has 0 aliphatic rings. The number of fused-ring (bicyclic) bond motifs is 1. The number of aromatic nitrogens is 2. The number of ether oxygens (including phenoxy) is 1. The fraction of sp³-hybridized carbons (Fsp3) is 0.333. The number of hydrogen-bond donors (Lipinski definition) is 1. The molecule has 1 N–H and O–H groups in total. The second-order valence-electron chi connectivity index (χ2n) is 8.98. The quantitative estimate of drug-likeness (QED) is 0.249. The van der Waals surface area contributed by atoms with Gasteiger partial charge in [-0.15, -0.1) is 0 Å². The summed E-state index contributed by atoms with van der Waals surface area (Å²) in [5, 5.41) is 3.06. The first kappa shape index (κ1) is 24.5. The Hall–Kier alpha value is -3.60. The van der Waals surface area contributed by atoms with Crippen LogP contribution in [0.2, 0.25) is 0 Å². The number of imidazole rings is 1. The number of hydrogen-bond acceptors (Lipinski definition) is 3. The lowest BCUT2D eigenvalue weighted by Crippen LogP contribution is -2.24. The molecule has 4 aromatic rings. The molecule has 0 spiro atoms. The highest BCUT2D eigenvalue weighted by Crippen LogP contribution is 2.18. The molecule has 0 atom stereocenters. The number of unbranched alkanes of at least 4 members (excludes halogenated alkanes) is 2. The van der Waals surface area contributed by atoms with Crippen LogP contribution in [0.1, 0.15) is 42.6 Å². The smallest absolute Gasteiger partial charge is 0.220 e. The van der Waals surface area contributed by atoms with Gasteiger partial charge in [-0.1, -0.05) is 66.6 Å². The Labute approximate surface area is 208 Å². The molecule has 0 saturated carbocycles. The molecule has 0 fully saturated rings. The van der Waals surface area contributed by atoms with E-state index in [0.29, 0.717) is 13.0 Å². The van der Waals surface area contributed by atoms with Gasteiger partial charge in [0.05, 0.1) is 17.6 Å². The van der Waals surface area contributed by atoms with Crippen LogP contribution in [0.5, 0.6) is 5.75 Å². The van der Waals surface area contributed by atoms with Crippen molar-refractivity contribution in [2.75, 3.05) is 13.2 Å². The topological polar surface area (TPSA) is 56.1 Å². The molecule has 5 heteroatoms. The van der Waals surface area contributed by atoms with Gasteiger partial charge in [-0.25, -0.2) is 4.98 Å². The number of nitrogens with one attached hydrogen (secondary N) is 1. The zero-order valence-corrected chi connectivity index (χ0v) is 20.6. The van der Waals surface area contributed by atoms with E-state index in [-0.39, 0.29) is 5.91 Å². The van der Waals surface area contributed by atoms with E-state index in [2.05, 4.69) is 59.3 Å². The highest BCUT2D eigenvalue weighted by atomic mass is 16.5. The summed E-state index contributed by atoms with van der Waals surface area (Å²) in [6.07, 6.45) is 5.33. The second kappa shape index (κ2) is 12.7. The summed E-state index contributed by atoms with van der Waals surface area (Å²) in [4.78, 5) is 17.0. The van der Waals surface area contributed by atoms with Crippen LogP contribution >= 0.6 is 0 Å². The van der Waals surface area contributed by atoms with Crippen LogP contribution in [-0.2, 0) is 24.2 Å². The zero-order valence-electron chi connectivity index (χ0n) is 20.6. The van der Waals surface area contributed by atoms with E-state index in [9.17, 15) is 4.79 Å². The van der Waals surface area contributed by atoms with Crippen molar-refractivity contribution in [1.29, 1.82) is 0 Å². The summed E-state index contributed by atoms with van der Waals surface area (Å²) in [6.45, 7) is 4.18. The van der Waals surface area contributed by atoms with E-state index in [4.69, 9.17) is 9.72 Å². The van der Waals surface area contributed by atoms with E-state index < -0.39 is 0 Å². The van der Waals surface area contributed by atoms with Gasteiger partial charge in [0.25, 0.3) is 0 Å². The fourth-order valence-corrected chi connectivity index (χ4v) is 4.26. The largest absolute Gasteiger partial charge is 0.492 e. The molecule has 0 bridgehead atoms. The van der Waals surface area contributed by atoms with Gasteiger partial charge in [0, 0.05) is 19.4 Å². The summed E-state index contributed by atoms with van der Waals surface area (Å²) in [6, 6.07) is 26.6. The number of benzene rings is 3. The van der Waals surface area contributed by atoms with Crippen molar-refractivity contribution in [3.05, 3.63) is 95.8 Å². The molecule has 3 aromatic carbocycles. The van der Waals surface area contributed by atoms with Gasteiger partial charge in [-0.05, 0) is 56.0 Å². The van der Waals surface area contributed by atoms with Crippen LogP contribution in [0.4, 0.5) is 0 Å². The predicted octanol–water partition coefficient (Wildman–Crippen LogP) is 5.89. The summed E-state index contributed by atoms with van der Waals surface area (Å²) < 4.78 is 8.26. The lowest BCUT2D eigenvalue weighted by molar-refractivity contribution is -0.121. The van der Waals surface area contributed by atoms with Crippen molar-refractivity contribution in [2.45, 2.75) is 52.0 Å². The van der Waals surface area contributed by atoms with E-state index >= 15 is 0 Å². The van der Waals surface area contributed by atoms with Crippen molar-refractivity contribution in [3.8, 4) is 5.75 Å². The van der Waals surface area contributed by atoms with Gasteiger partial charge < -0.3 is 14.6 Å². The molecule has 0 unspecified atom stereocenters. The Bertz CT molecular complexity index is 1200. The molecule has 0 saturated heterocycles. The van der Waals surface area contributed by atoms with Crippen LogP contribution in [0, 0.1) is 6.92 Å². The molecule has 1 aromatic heterocycles. The fourth-order valence-electron chi connectivity index (χ4n) is 4.26. The third-order valence-corrected chi connectivity index (χ3v) is 6.22. The molecule has 0 aliphatic carbocycles. The lowest BCUT2D eigenvalue weighted by Gasteiger charge is -2.11. The van der Waals surface area contributed by atoms with E-state index in [1.165, 1.54) is 11.1 Å². The second-order valence-corrected chi connectivity index (χ2v) is 8.98. The number of para-hydroxylation sites is 2. The van der Waals surface area contributed by atoms with E-state index in [1.807, 2.05) is 36.4 Å². The molecule has 4 rings (SSSR count). The molecule has 182 valence electrons. The first-order chi connectivity index (χ1) is 17.2. The molecule has 0 aliphatic heterocycles. The maximum atomic E-state index is 12.1. The highest BCUT2D eigenvalue weighted by Gasteiger charge is 2.10. The van der Waals surface area contributed by atoms with Crippen LogP contribution in [0.25, 0.3) is 11.0 Å². The van der Waals surface area contributed by atoms with Crippen molar-refractivity contribution < 1.29 is 9.53 Å². The minimum atomic E-state index is 0.129. The number of aryl methyl sites for hydroxylation is 3. The number of rotatable bonds is 13. The standard InChI is InChI=1S/C30H35N3O2/c1-24-15-18-26(19-16-24)35-23-22-33-28-13-8-7-12-27(28)32-29(33)14-6-3-9-21-31-30(34)20-17-25-10-4-2-5-11-25/h2,4-5,7-8,10-13,15-16,18-19H,3,6,9,14,17,20-23H2,1H3,(H,31,34). The monoisotopic (exact) mass is 469 g/mol. The summed E-state index contributed by atoms with van der Waals surface area (Å²) >= 11 is 0. The minimum absolute atomic E-state index is 0.129. The summed E-state index contributed by atoms with van der Waals surface area (Å²) in [7, 11) is 0. The Morgan fingerprint density at radius 2 is 1.66 bits per heavy atom. The average molecular weight is 470 g/mol. The Kier molecular flexibility index (Phi) is 8.93. The van der Waals surface area contributed by atoms with Crippen molar-refractivity contribution in [3.63, 3.8) is 0 Å². The number of carbonyl (C=O) groups is 1. The molecular formula is C30H35N3O2. The van der Waals surface area contributed by atoms with Crippen molar-refractivity contribution in [1.82, 2.24) is 14.9 Å². The molecule has 35 heavy (non-hydrogen) atoms.